The third-order valence-electron chi connectivity index (χ3n) is 3.51. The summed E-state index contributed by atoms with van der Waals surface area (Å²) >= 11 is 0. The van der Waals surface area contributed by atoms with Crippen molar-refractivity contribution in [2.75, 3.05) is 4.90 Å². The summed E-state index contributed by atoms with van der Waals surface area (Å²) in [5.74, 6) is 0.291. The van der Waals surface area contributed by atoms with Gasteiger partial charge in [-0.2, -0.15) is 0 Å². The number of fused-ring (bicyclic) bond motifs is 2. The van der Waals surface area contributed by atoms with Gasteiger partial charge in [-0.15, -0.1) is 0 Å². The molecule has 1 aromatic heterocycles. The van der Waals surface area contributed by atoms with E-state index >= 15 is 0 Å². The summed E-state index contributed by atoms with van der Waals surface area (Å²) in [5.41, 5.74) is 1.32. The number of nitrogens with zero attached hydrogens (tertiary/aromatic N) is 3. The molecule has 2 unspecified atom stereocenters. The summed E-state index contributed by atoms with van der Waals surface area (Å²) in [6.45, 7) is 4.07. The molecule has 0 saturated carbocycles. The summed E-state index contributed by atoms with van der Waals surface area (Å²) in [5, 5.41) is 0. The van der Waals surface area contributed by atoms with Crippen LogP contribution in [0.4, 0.5) is 10.3 Å². The highest BCUT2D eigenvalue weighted by molar-refractivity contribution is 5.39. The molecule has 2 aliphatic rings. The Bertz CT molecular complexity index is 399. The maximum atomic E-state index is 12.8. The first-order valence-corrected chi connectivity index (χ1v) is 5.66. The van der Waals surface area contributed by atoms with Crippen molar-refractivity contribution in [2.24, 2.45) is 0 Å². The zero-order valence-corrected chi connectivity index (χ0v) is 9.06. The lowest BCUT2D eigenvalue weighted by Gasteiger charge is -2.35. The minimum absolute atomic E-state index is 0.377. The highest BCUT2D eigenvalue weighted by Crippen LogP contribution is 2.39. The van der Waals surface area contributed by atoms with Crippen LogP contribution in [0.5, 0.6) is 0 Å². The van der Waals surface area contributed by atoms with E-state index in [2.05, 4.69) is 21.4 Å². The topological polar surface area (TPSA) is 29.0 Å². The van der Waals surface area contributed by atoms with Gasteiger partial charge in [0, 0.05) is 12.1 Å². The lowest BCUT2D eigenvalue weighted by atomic mass is 9.99. The molecule has 0 radical (unpaired) electrons. The second-order valence-electron chi connectivity index (χ2n) is 4.65. The highest BCUT2D eigenvalue weighted by atomic mass is 19.1. The van der Waals surface area contributed by atoms with E-state index in [9.17, 15) is 4.39 Å². The second-order valence-corrected chi connectivity index (χ2v) is 4.65. The number of halogens is 1. The SMILES string of the molecule is C=C1CC2CCC(C1)N2c1ncc(F)cn1. The Morgan fingerprint density at radius 1 is 1.19 bits per heavy atom. The van der Waals surface area contributed by atoms with E-state index in [-0.39, 0.29) is 5.82 Å². The number of hydrogen-bond donors (Lipinski definition) is 0. The lowest BCUT2D eigenvalue weighted by molar-refractivity contribution is 0.534. The molecule has 2 bridgehead atoms. The van der Waals surface area contributed by atoms with Gasteiger partial charge < -0.3 is 4.90 Å². The van der Waals surface area contributed by atoms with E-state index in [1.54, 1.807) is 0 Å². The minimum Gasteiger partial charge on any atom is -0.334 e. The molecule has 0 N–H and O–H groups in total. The van der Waals surface area contributed by atoms with Crippen molar-refractivity contribution in [3.05, 3.63) is 30.4 Å². The Kier molecular flexibility index (Phi) is 2.16. The van der Waals surface area contributed by atoms with Gasteiger partial charge in [0.25, 0.3) is 0 Å². The molecule has 3 nitrogen and oxygen atoms in total. The van der Waals surface area contributed by atoms with Crippen molar-refractivity contribution in [3.63, 3.8) is 0 Å². The van der Waals surface area contributed by atoms with Crippen LogP contribution in [0.1, 0.15) is 25.7 Å². The zero-order valence-electron chi connectivity index (χ0n) is 9.06. The standard InChI is InChI=1S/C12H14FN3/c1-8-4-10-2-3-11(5-8)16(10)12-14-6-9(13)7-15-12/h6-7,10-11H,1-5H2. The van der Waals surface area contributed by atoms with Crippen LogP contribution in [0.25, 0.3) is 0 Å². The van der Waals surface area contributed by atoms with Crippen molar-refractivity contribution >= 4 is 5.95 Å². The van der Waals surface area contributed by atoms with Gasteiger partial charge in [0.2, 0.25) is 5.95 Å². The first kappa shape index (κ1) is 9.75. The number of hydrogen-bond acceptors (Lipinski definition) is 3. The van der Waals surface area contributed by atoms with Gasteiger partial charge in [-0.3, -0.25) is 0 Å². The average molecular weight is 219 g/mol. The first-order valence-electron chi connectivity index (χ1n) is 5.66. The molecule has 4 heteroatoms. The number of aromatic nitrogens is 2. The Morgan fingerprint density at radius 3 is 2.31 bits per heavy atom. The van der Waals surface area contributed by atoms with Gasteiger partial charge >= 0.3 is 0 Å². The van der Waals surface area contributed by atoms with Crippen LogP contribution in [0.15, 0.2) is 24.5 Å². The van der Waals surface area contributed by atoms with E-state index in [1.165, 1.54) is 30.8 Å². The smallest absolute Gasteiger partial charge is 0.225 e. The predicted octanol–water partition coefficient (Wildman–Crippen LogP) is 2.30. The summed E-state index contributed by atoms with van der Waals surface area (Å²) in [6.07, 6.45) is 6.87. The maximum absolute atomic E-state index is 12.8. The van der Waals surface area contributed by atoms with Gasteiger partial charge in [-0.1, -0.05) is 12.2 Å². The highest BCUT2D eigenvalue weighted by Gasteiger charge is 2.39. The molecular weight excluding hydrogens is 205 g/mol. The van der Waals surface area contributed by atoms with Crippen LogP contribution >= 0.6 is 0 Å². The van der Waals surface area contributed by atoms with Crippen molar-refractivity contribution in [1.82, 2.24) is 9.97 Å². The fourth-order valence-corrected chi connectivity index (χ4v) is 2.88. The van der Waals surface area contributed by atoms with E-state index < -0.39 is 0 Å². The van der Waals surface area contributed by atoms with Crippen molar-refractivity contribution < 1.29 is 4.39 Å². The summed E-state index contributed by atoms with van der Waals surface area (Å²) in [7, 11) is 0. The van der Waals surface area contributed by atoms with E-state index in [0.29, 0.717) is 18.0 Å². The maximum Gasteiger partial charge on any atom is 0.225 e. The van der Waals surface area contributed by atoms with Crippen LogP contribution < -0.4 is 4.90 Å². The fourth-order valence-electron chi connectivity index (χ4n) is 2.88. The summed E-state index contributed by atoms with van der Waals surface area (Å²) in [4.78, 5) is 10.4. The van der Waals surface area contributed by atoms with E-state index in [4.69, 9.17) is 0 Å². The Hall–Kier alpha value is -1.45. The molecule has 0 amide bonds. The van der Waals surface area contributed by atoms with Crippen molar-refractivity contribution in [3.8, 4) is 0 Å². The Labute approximate surface area is 94.0 Å². The van der Waals surface area contributed by atoms with Gasteiger partial charge in [-0.25, -0.2) is 14.4 Å². The quantitative estimate of drug-likeness (QED) is 0.679. The largest absolute Gasteiger partial charge is 0.334 e. The van der Waals surface area contributed by atoms with Gasteiger partial charge in [0.05, 0.1) is 12.4 Å². The number of piperidine rings is 1. The predicted molar refractivity (Wildman–Crippen MR) is 59.7 cm³/mol. The molecule has 3 heterocycles. The normalized spacial score (nSPS) is 28.6. The fraction of sp³-hybridized carbons (Fsp3) is 0.500. The summed E-state index contributed by atoms with van der Waals surface area (Å²) in [6, 6.07) is 0.938. The van der Waals surface area contributed by atoms with Crippen molar-refractivity contribution in [1.29, 1.82) is 0 Å². The second kappa shape index (κ2) is 3.54. The Morgan fingerprint density at radius 2 is 1.75 bits per heavy atom. The van der Waals surface area contributed by atoms with E-state index in [1.807, 2.05) is 0 Å². The lowest BCUT2D eigenvalue weighted by Crippen LogP contribution is -2.41. The molecular formula is C12H14FN3. The monoisotopic (exact) mass is 219 g/mol. The van der Waals surface area contributed by atoms with E-state index in [0.717, 1.165) is 12.8 Å². The third kappa shape index (κ3) is 1.49. The molecule has 1 aromatic rings. The molecule has 3 rings (SSSR count). The first-order chi connectivity index (χ1) is 7.74. The van der Waals surface area contributed by atoms with Crippen LogP contribution in [0.3, 0.4) is 0 Å². The molecule has 84 valence electrons. The van der Waals surface area contributed by atoms with Crippen molar-refractivity contribution in [2.45, 2.75) is 37.8 Å². The molecule has 0 aliphatic carbocycles. The molecule has 2 aliphatic heterocycles. The van der Waals surface area contributed by atoms with Gasteiger partial charge in [0.1, 0.15) is 0 Å². The molecule has 2 saturated heterocycles. The van der Waals surface area contributed by atoms with Crippen LogP contribution in [0.2, 0.25) is 0 Å². The molecule has 16 heavy (non-hydrogen) atoms. The average Bonchev–Trinajstić information content (AvgIpc) is 2.54. The Balaban J connectivity index is 1.90. The summed E-state index contributed by atoms with van der Waals surface area (Å²) < 4.78 is 12.8. The molecule has 0 aromatic carbocycles. The molecule has 2 fully saturated rings. The van der Waals surface area contributed by atoms with Crippen LogP contribution in [-0.2, 0) is 0 Å². The van der Waals surface area contributed by atoms with Gasteiger partial charge in [-0.05, 0) is 25.7 Å². The zero-order chi connectivity index (χ0) is 11.1. The molecule has 0 spiro atoms. The minimum atomic E-state index is -0.377. The molecule has 2 atom stereocenters. The van der Waals surface area contributed by atoms with Gasteiger partial charge in [0.15, 0.2) is 5.82 Å². The van der Waals surface area contributed by atoms with Crippen LogP contribution in [-0.4, -0.2) is 22.1 Å². The third-order valence-corrected chi connectivity index (χ3v) is 3.51. The van der Waals surface area contributed by atoms with Crippen LogP contribution in [0, 0.1) is 5.82 Å². The number of anilines is 1. The number of rotatable bonds is 1.